The number of aryl methyl sites for hydroxylation is 2. The monoisotopic (exact) mass is 320 g/mol. The summed E-state index contributed by atoms with van der Waals surface area (Å²) in [6, 6.07) is 18.4. The lowest BCUT2D eigenvalue weighted by Gasteiger charge is -2.08. The van der Waals surface area contributed by atoms with Crippen molar-refractivity contribution >= 4 is 5.91 Å². The van der Waals surface area contributed by atoms with Gasteiger partial charge in [0.05, 0.1) is 0 Å². The van der Waals surface area contributed by atoms with E-state index in [-0.39, 0.29) is 5.91 Å². The molecule has 24 heavy (non-hydrogen) atoms. The average molecular weight is 320 g/mol. The molecule has 2 aromatic carbocycles. The molecule has 1 aromatic heterocycles. The number of aromatic nitrogens is 3. The molecule has 3 aromatic rings. The Kier molecular flexibility index (Phi) is 5.01. The molecule has 0 unspecified atom stereocenters. The summed E-state index contributed by atoms with van der Waals surface area (Å²) in [5, 5.41) is 10.8. The van der Waals surface area contributed by atoms with Crippen molar-refractivity contribution < 1.29 is 4.79 Å². The van der Waals surface area contributed by atoms with Gasteiger partial charge in [-0.2, -0.15) is 0 Å². The highest BCUT2D eigenvalue weighted by Gasteiger charge is 2.06. The highest BCUT2D eigenvalue weighted by atomic mass is 16.1. The molecule has 0 saturated carbocycles. The number of nitrogens with zero attached hydrogens (tertiary/aromatic N) is 3. The topological polar surface area (TPSA) is 59.8 Å². The van der Waals surface area contributed by atoms with Gasteiger partial charge >= 0.3 is 0 Å². The number of amides is 1. The lowest BCUT2D eigenvalue weighted by molar-refractivity contribution is -0.121. The normalized spacial score (nSPS) is 10.5. The van der Waals surface area contributed by atoms with Gasteiger partial charge in [-0.05, 0) is 22.8 Å². The molecule has 5 heteroatoms. The zero-order valence-corrected chi connectivity index (χ0v) is 13.6. The first-order chi connectivity index (χ1) is 11.7. The van der Waals surface area contributed by atoms with Crippen LogP contribution < -0.4 is 5.32 Å². The van der Waals surface area contributed by atoms with Crippen LogP contribution in [-0.4, -0.2) is 20.7 Å². The molecule has 0 aliphatic heterocycles. The maximum Gasteiger partial charge on any atom is 0.220 e. The lowest BCUT2D eigenvalue weighted by Crippen LogP contribution is -2.23. The quantitative estimate of drug-likeness (QED) is 0.760. The van der Waals surface area contributed by atoms with Crippen molar-refractivity contribution in [1.82, 2.24) is 20.1 Å². The molecule has 1 N–H and O–H groups in total. The van der Waals surface area contributed by atoms with Crippen LogP contribution >= 0.6 is 0 Å². The third-order valence-corrected chi connectivity index (χ3v) is 3.90. The maximum atomic E-state index is 12.0. The van der Waals surface area contributed by atoms with Crippen molar-refractivity contribution in [3.05, 3.63) is 72.3 Å². The Hall–Kier alpha value is -2.95. The van der Waals surface area contributed by atoms with Gasteiger partial charge in [-0.1, -0.05) is 48.5 Å². The van der Waals surface area contributed by atoms with Crippen LogP contribution in [0.5, 0.6) is 0 Å². The SMILES string of the molecule is Cn1cnnc1CCC(=O)NCc1cccc(-c2ccccc2)c1. The van der Waals surface area contributed by atoms with Crippen molar-refractivity contribution in [3.63, 3.8) is 0 Å². The number of benzene rings is 2. The first kappa shape index (κ1) is 15.9. The van der Waals surface area contributed by atoms with E-state index in [9.17, 15) is 4.79 Å². The predicted octanol–water partition coefficient (Wildman–Crippen LogP) is 2.73. The minimum Gasteiger partial charge on any atom is -0.352 e. The molecule has 0 saturated heterocycles. The standard InChI is InChI=1S/C19H20N4O/c1-23-14-21-22-18(23)10-11-19(24)20-13-15-6-5-9-17(12-15)16-7-3-2-4-8-16/h2-9,12,14H,10-11,13H2,1H3,(H,20,24). The van der Waals surface area contributed by atoms with Crippen LogP contribution in [0.15, 0.2) is 60.9 Å². The Labute approximate surface area is 141 Å². The number of carbonyl (C=O) groups is 1. The van der Waals surface area contributed by atoms with E-state index in [4.69, 9.17) is 0 Å². The van der Waals surface area contributed by atoms with Crippen molar-refractivity contribution in [1.29, 1.82) is 0 Å². The Morgan fingerprint density at radius 1 is 1.08 bits per heavy atom. The van der Waals surface area contributed by atoms with Gasteiger partial charge < -0.3 is 9.88 Å². The number of rotatable bonds is 6. The van der Waals surface area contributed by atoms with Crippen molar-refractivity contribution in [2.75, 3.05) is 0 Å². The first-order valence-corrected chi connectivity index (χ1v) is 7.96. The molecule has 1 heterocycles. The molecular weight excluding hydrogens is 300 g/mol. The van der Waals surface area contributed by atoms with Crippen LogP contribution in [0.25, 0.3) is 11.1 Å². The van der Waals surface area contributed by atoms with Crippen molar-refractivity contribution in [3.8, 4) is 11.1 Å². The molecule has 5 nitrogen and oxygen atoms in total. The van der Waals surface area contributed by atoms with Gasteiger partial charge in [-0.25, -0.2) is 0 Å². The van der Waals surface area contributed by atoms with Gasteiger partial charge in [-0.3, -0.25) is 4.79 Å². The van der Waals surface area contributed by atoms with Crippen LogP contribution in [0.4, 0.5) is 0 Å². The van der Waals surface area contributed by atoms with Gasteiger partial charge in [0.1, 0.15) is 12.2 Å². The summed E-state index contributed by atoms with van der Waals surface area (Å²) < 4.78 is 1.83. The Morgan fingerprint density at radius 2 is 1.88 bits per heavy atom. The zero-order chi connectivity index (χ0) is 16.8. The molecule has 0 atom stereocenters. The highest BCUT2D eigenvalue weighted by molar-refractivity contribution is 5.76. The molecule has 3 rings (SSSR count). The minimum absolute atomic E-state index is 0.0168. The molecule has 122 valence electrons. The number of nitrogens with one attached hydrogen (secondary N) is 1. The molecule has 0 bridgehead atoms. The highest BCUT2D eigenvalue weighted by Crippen LogP contribution is 2.19. The second-order valence-electron chi connectivity index (χ2n) is 5.70. The van der Waals surface area contributed by atoms with E-state index in [2.05, 4.69) is 39.8 Å². The lowest BCUT2D eigenvalue weighted by atomic mass is 10.0. The summed E-state index contributed by atoms with van der Waals surface area (Å²) in [4.78, 5) is 12.0. The maximum absolute atomic E-state index is 12.0. The van der Waals surface area contributed by atoms with E-state index in [1.807, 2.05) is 41.9 Å². The molecule has 0 radical (unpaired) electrons. The first-order valence-electron chi connectivity index (χ1n) is 7.96. The Morgan fingerprint density at radius 3 is 2.62 bits per heavy atom. The van der Waals surface area contributed by atoms with E-state index in [1.165, 1.54) is 5.56 Å². The Bertz CT molecular complexity index is 811. The molecule has 0 aliphatic carbocycles. The van der Waals surface area contributed by atoms with Crippen LogP contribution in [-0.2, 0) is 24.8 Å². The second kappa shape index (κ2) is 7.55. The fourth-order valence-electron chi connectivity index (χ4n) is 2.54. The number of hydrogen-bond acceptors (Lipinski definition) is 3. The van der Waals surface area contributed by atoms with Crippen LogP contribution in [0.1, 0.15) is 17.8 Å². The molecular formula is C19H20N4O. The Balaban J connectivity index is 1.55. The van der Waals surface area contributed by atoms with Gasteiger partial charge in [0.15, 0.2) is 0 Å². The number of hydrogen-bond donors (Lipinski definition) is 1. The van der Waals surface area contributed by atoms with E-state index in [0.29, 0.717) is 19.4 Å². The largest absolute Gasteiger partial charge is 0.352 e. The predicted molar refractivity (Wildman–Crippen MR) is 93.0 cm³/mol. The van der Waals surface area contributed by atoms with Gasteiger partial charge in [0.2, 0.25) is 5.91 Å². The second-order valence-corrected chi connectivity index (χ2v) is 5.70. The summed E-state index contributed by atoms with van der Waals surface area (Å²) in [5.74, 6) is 0.833. The molecule has 0 fully saturated rings. The summed E-state index contributed by atoms with van der Waals surface area (Å²) in [5.41, 5.74) is 3.41. The van der Waals surface area contributed by atoms with E-state index in [0.717, 1.165) is 17.0 Å². The van der Waals surface area contributed by atoms with E-state index < -0.39 is 0 Å². The van der Waals surface area contributed by atoms with Crippen LogP contribution in [0.3, 0.4) is 0 Å². The van der Waals surface area contributed by atoms with E-state index >= 15 is 0 Å². The smallest absolute Gasteiger partial charge is 0.220 e. The molecule has 1 amide bonds. The average Bonchev–Trinajstić information content (AvgIpc) is 3.04. The van der Waals surface area contributed by atoms with Crippen LogP contribution in [0, 0.1) is 0 Å². The van der Waals surface area contributed by atoms with Crippen molar-refractivity contribution in [2.24, 2.45) is 7.05 Å². The van der Waals surface area contributed by atoms with Gasteiger partial charge in [0.25, 0.3) is 0 Å². The molecule has 0 aliphatic rings. The summed E-state index contributed by atoms with van der Waals surface area (Å²) >= 11 is 0. The fourth-order valence-corrected chi connectivity index (χ4v) is 2.54. The summed E-state index contributed by atoms with van der Waals surface area (Å²) in [7, 11) is 1.88. The van der Waals surface area contributed by atoms with Crippen LogP contribution in [0.2, 0.25) is 0 Å². The minimum atomic E-state index is 0.0168. The zero-order valence-electron chi connectivity index (χ0n) is 13.6. The van der Waals surface area contributed by atoms with Gasteiger partial charge in [0, 0.05) is 26.4 Å². The van der Waals surface area contributed by atoms with Crippen molar-refractivity contribution in [2.45, 2.75) is 19.4 Å². The fraction of sp³-hybridized carbons (Fsp3) is 0.211. The summed E-state index contributed by atoms with van der Waals surface area (Å²) in [6.07, 6.45) is 2.64. The van der Waals surface area contributed by atoms with Gasteiger partial charge in [-0.15, -0.1) is 10.2 Å². The third kappa shape index (κ3) is 4.07. The van der Waals surface area contributed by atoms with E-state index in [1.54, 1.807) is 6.33 Å². The third-order valence-electron chi connectivity index (χ3n) is 3.90. The summed E-state index contributed by atoms with van der Waals surface area (Å²) in [6.45, 7) is 0.526. The molecule has 0 spiro atoms. The number of carbonyl (C=O) groups excluding carboxylic acids is 1.